The van der Waals surface area contributed by atoms with Crippen molar-refractivity contribution in [2.24, 2.45) is 5.92 Å². The highest BCUT2D eigenvalue weighted by molar-refractivity contribution is 6.31. The van der Waals surface area contributed by atoms with Crippen molar-refractivity contribution in [3.63, 3.8) is 0 Å². The van der Waals surface area contributed by atoms with Gasteiger partial charge < -0.3 is 0 Å². The number of carbonyl (C=O) groups is 1. The van der Waals surface area contributed by atoms with Crippen LogP contribution in [0.15, 0.2) is 54.1 Å². The Balaban J connectivity index is 1.83. The normalized spacial score (nSPS) is 19.7. The summed E-state index contributed by atoms with van der Waals surface area (Å²) in [5.41, 5.74) is 3.56. The number of ketones is 1. The fraction of sp³-hybridized carbons (Fsp3) is 0.421. The molecule has 2 heteroatoms. The van der Waals surface area contributed by atoms with Crippen molar-refractivity contribution in [3.05, 3.63) is 59.7 Å². The van der Waals surface area contributed by atoms with Crippen LogP contribution in [-0.4, -0.2) is 5.78 Å². The minimum atomic E-state index is -0.515. The lowest BCUT2D eigenvalue weighted by Gasteiger charge is -2.22. The molecule has 1 aromatic rings. The van der Waals surface area contributed by atoms with Crippen molar-refractivity contribution in [1.29, 1.82) is 0 Å². The Hall–Kier alpha value is -1.34. The van der Waals surface area contributed by atoms with Crippen molar-refractivity contribution < 1.29 is 4.79 Å². The third kappa shape index (κ3) is 4.57. The van der Waals surface area contributed by atoms with Crippen LogP contribution in [-0.2, 0) is 4.79 Å². The molecule has 0 heterocycles. The lowest BCUT2D eigenvalue weighted by molar-refractivity contribution is -0.118. The Morgan fingerprint density at radius 1 is 1.38 bits per heavy atom. The second-order valence-corrected chi connectivity index (χ2v) is 6.36. The van der Waals surface area contributed by atoms with Crippen LogP contribution in [0.5, 0.6) is 0 Å². The van der Waals surface area contributed by atoms with Crippen molar-refractivity contribution in [2.45, 2.75) is 44.4 Å². The highest BCUT2D eigenvalue weighted by Crippen LogP contribution is 2.31. The van der Waals surface area contributed by atoms with Crippen LogP contribution < -0.4 is 0 Å². The van der Waals surface area contributed by atoms with Gasteiger partial charge in [0.15, 0.2) is 5.78 Å². The molecule has 1 nitrogen and oxygen atoms in total. The monoisotopic (exact) mass is 302 g/mol. The van der Waals surface area contributed by atoms with Gasteiger partial charge in [0.2, 0.25) is 0 Å². The fourth-order valence-corrected chi connectivity index (χ4v) is 3.04. The van der Waals surface area contributed by atoms with Gasteiger partial charge in [0.1, 0.15) is 5.38 Å². The summed E-state index contributed by atoms with van der Waals surface area (Å²) in [7, 11) is 0. The number of Topliss-reactive ketones (excluding diaryl/α,β-unsaturated/α-hetero) is 1. The average Bonchev–Trinajstić information content (AvgIpc) is 2.53. The molecule has 0 radical (unpaired) electrons. The number of carbonyl (C=O) groups excluding carboxylic acids is 1. The summed E-state index contributed by atoms with van der Waals surface area (Å²) in [6, 6.07) is 9.58. The average molecular weight is 303 g/mol. The van der Waals surface area contributed by atoms with E-state index in [9.17, 15) is 4.79 Å². The van der Waals surface area contributed by atoms with E-state index in [0.29, 0.717) is 12.3 Å². The molecule has 0 aliphatic heterocycles. The van der Waals surface area contributed by atoms with E-state index in [-0.39, 0.29) is 5.78 Å². The summed E-state index contributed by atoms with van der Waals surface area (Å²) in [4.78, 5) is 12.2. The minimum absolute atomic E-state index is 0.116. The van der Waals surface area contributed by atoms with Gasteiger partial charge in [-0.15, -0.1) is 11.6 Å². The molecule has 0 spiro atoms. The molecule has 0 bridgehead atoms. The zero-order valence-electron chi connectivity index (χ0n) is 12.6. The summed E-state index contributed by atoms with van der Waals surface area (Å²) in [6.07, 6.45) is 7.00. The van der Waals surface area contributed by atoms with Crippen LogP contribution in [0.2, 0.25) is 0 Å². The van der Waals surface area contributed by atoms with Gasteiger partial charge in [0, 0.05) is 6.42 Å². The number of alkyl halides is 1. The minimum Gasteiger partial charge on any atom is -0.298 e. The molecule has 0 N–H and O–H groups in total. The molecule has 2 atom stereocenters. The van der Waals surface area contributed by atoms with E-state index in [2.05, 4.69) is 19.6 Å². The predicted molar refractivity (Wildman–Crippen MR) is 89.5 cm³/mol. The van der Waals surface area contributed by atoms with Crippen LogP contribution in [0, 0.1) is 5.92 Å². The van der Waals surface area contributed by atoms with Crippen LogP contribution in [0.3, 0.4) is 0 Å². The molecule has 2 unspecified atom stereocenters. The molecular weight excluding hydrogens is 280 g/mol. The van der Waals surface area contributed by atoms with Gasteiger partial charge in [0.05, 0.1) is 0 Å². The van der Waals surface area contributed by atoms with E-state index in [1.54, 1.807) is 0 Å². The first-order valence-corrected chi connectivity index (χ1v) is 8.06. The molecule has 112 valence electrons. The van der Waals surface area contributed by atoms with Gasteiger partial charge in [-0.3, -0.25) is 4.79 Å². The van der Waals surface area contributed by atoms with Gasteiger partial charge in [0.25, 0.3) is 0 Å². The van der Waals surface area contributed by atoms with E-state index >= 15 is 0 Å². The van der Waals surface area contributed by atoms with Crippen molar-refractivity contribution >= 4 is 17.4 Å². The van der Waals surface area contributed by atoms with E-state index in [4.69, 9.17) is 11.6 Å². The predicted octanol–water partition coefficient (Wildman–Crippen LogP) is 5.62. The van der Waals surface area contributed by atoms with Gasteiger partial charge in [-0.2, -0.15) is 0 Å². The second kappa shape index (κ2) is 7.61. The molecule has 0 saturated carbocycles. The van der Waals surface area contributed by atoms with Gasteiger partial charge in [-0.25, -0.2) is 0 Å². The number of rotatable bonds is 6. The maximum absolute atomic E-state index is 12.2. The van der Waals surface area contributed by atoms with E-state index < -0.39 is 5.38 Å². The maximum Gasteiger partial charge on any atom is 0.155 e. The zero-order chi connectivity index (χ0) is 15.2. The van der Waals surface area contributed by atoms with Crippen LogP contribution in [0.4, 0.5) is 0 Å². The second-order valence-electron chi connectivity index (χ2n) is 5.92. The SMILES string of the molecule is C=C(C)C1CC=C(CCC(=O)C(Cl)c2ccccc2)CC1. The number of hydrogen-bond acceptors (Lipinski definition) is 1. The first-order valence-electron chi connectivity index (χ1n) is 7.63. The molecule has 0 saturated heterocycles. The van der Waals surface area contributed by atoms with Crippen molar-refractivity contribution in [3.8, 4) is 0 Å². The maximum atomic E-state index is 12.2. The summed E-state index contributed by atoms with van der Waals surface area (Å²) in [6.45, 7) is 6.14. The molecule has 21 heavy (non-hydrogen) atoms. The van der Waals surface area contributed by atoms with Gasteiger partial charge in [-0.05, 0) is 44.1 Å². The van der Waals surface area contributed by atoms with Gasteiger partial charge >= 0.3 is 0 Å². The molecule has 0 fully saturated rings. The Labute approximate surface area is 132 Å². The lowest BCUT2D eigenvalue weighted by Crippen LogP contribution is -2.10. The molecule has 0 amide bonds. The molecule has 2 rings (SSSR count). The third-order valence-corrected chi connectivity index (χ3v) is 4.76. The van der Waals surface area contributed by atoms with Crippen molar-refractivity contribution in [2.75, 3.05) is 0 Å². The summed E-state index contributed by atoms with van der Waals surface area (Å²) in [5.74, 6) is 0.736. The Kier molecular flexibility index (Phi) is 5.81. The van der Waals surface area contributed by atoms with Crippen LogP contribution >= 0.6 is 11.6 Å². The quantitative estimate of drug-likeness (QED) is 0.492. The van der Waals surface area contributed by atoms with E-state index in [1.165, 1.54) is 17.6 Å². The molecule has 1 aliphatic carbocycles. The Morgan fingerprint density at radius 3 is 2.67 bits per heavy atom. The fourth-order valence-electron chi connectivity index (χ4n) is 2.78. The van der Waals surface area contributed by atoms with Gasteiger partial charge in [-0.1, -0.05) is 54.1 Å². The largest absolute Gasteiger partial charge is 0.298 e. The first kappa shape index (κ1) is 16.0. The first-order chi connectivity index (χ1) is 10.1. The summed E-state index contributed by atoms with van der Waals surface area (Å²) >= 11 is 6.26. The highest BCUT2D eigenvalue weighted by Gasteiger charge is 2.19. The molecule has 0 aromatic heterocycles. The number of benzene rings is 1. The third-order valence-electron chi connectivity index (χ3n) is 4.27. The topological polar surface area (TPSA) is 17.1 Å². The number of hydrogen-bond donors (Lipinski definition) is 0. The van der Waals surface area contributed by atoms with Crippen LogP contribution in [0.1, 0.15) is 50.0 Å². The standard InChI is InChI=1S/C19H23ClO/c1-14(2)16-11-8-15(9-12-16)10-13-18(21)19(20)17-6-4-3-5-7-17/h3-8,16,19H,1,9-13H2,2H3. The molecule has 1 aliphatic rings. The molecule has 1 aromatic carbocycles. The Morgan fingerprint density at radius 2 is 2.10 bits per heavy atom. The highest BCUT2D eigenvalue weighted by atomic mass is 35.5. The van der Waals surface area contributed by atoms with Crippen LogP contribution in [0.25, 0.3) is 0 Å². The Bertz CT molecular complexity index is 530. The number of allylic oxidation sites excluding steroid dienone is 3. The smallest absolute Gasteiger partial charge is 0.155 e. The van der Waals surface area contributed by atoms with Crippen molar-refractivity contribution in [1.82, 2.24) is 0 Å². The van der Waals surface area contributed by atoms with E-state index in [1.807, 2.05) is 30.3 Å². The zero-order valence-corrected chi connectivity index (χ0v) is 13.4. The summed E-state index contributed by atoms with van der Waals surface area (Å²) < 4.78 is 0. The molecular formula is C19H23ClO. The lowest BCUT2D eigenvalue weighted by atomic mass is 9.84. The number of halogens is 1. The summed E-state index contributed by atoms with van der Waals surface area (Å²) in [5, 5.41) is -0.515. The van der Waals surface area contributed by atoms with E-state index in [0.717, 1.165) is 24.8 Å².